The summed E-state index contributed by atoms with van der Waals surface area (Å²) in [5.41, 5.74) is 3.04. The van der Waals surface area contributed by atoms with Crippen LogP contribution in [-0.2, 0) is 17.8 Å². The lowest BCUT2D eigenvalue weighted by Gasteiger charge is -2.41. The maximum atomic E-state index is 12.8. The van der Waals surface area contributed by atoms with E-state index in [0.29, 0.717) is 44.8 Å². The van der Waals surface area contributed by atoms with E-state index >= 15 is 0 Å². The van der Waals surface area contributed by atoms with E-state index in [1.807, 2.05) is 12.1 Å². The molecule has 9 nitrogen and oxygen atoms in total. The smallest absolute Gasteiger partial charge is 0.318 e. The number of hydrogen-bond acceptors (Lipinski definition) is 7. The average Bonchev–Trinajstić information content (AvgIpc) is 3.46. The van der Waals surface area contributed by atoms with E-state index in [2.05, 4.69) is 50.9 Å². The van der Waals surface area contributed by atoms with Crippen molar-refractivity contribution in [3.05, 3.63) is 76.2 Å². The molecule has 1 amide bonds. The highest BCUT2D eigenvalue weighted by atomic mass is 35.5. The molecule has 3 aromatic rings. The summed E-state index contributed by atoms with van der Waals surface area (Å²) in [6, 6.07) is 12.5. The van der Waals surface area contributed by atoms with Crippen LogP contribution in [0.5, 0.6) is 6.01 Å². The fourth-order valence-electron chi connectivity index (χ4n) is 6.66. The van der Waals surface area contributed by atoms with Crippen LogP contribution in [0.4, 0.5) is 15.9 Å². The van der Waals surface area contributed by atoms with E-state index in [0.717, 1.165) is 70.9 Å². The van der Waals surface area contributed by atoms with Crippen LogP contribution in [0.2, 0.25) is 5.02 Å². The Labute approximate surface area is 262 Å². The first-order valence-corrected chi connectivity index (χ1v) is 15.6. The minimum absolute atomic E-state index is 0.159. The van der Waals surface area contributed by atoms with E-state index < -0.39 is 6.67 Å². The fraction of sp³-hybridized carbons (Fsp3) is 0.455. The Balaban J connectivity index is 1.32. The molecule has 0 unspecified atom stereocenters. The van der Waals surface area contributed by atoms with Gasteiger partial charge in [-0.2, -0.15) is 9.97 Å². The SMILES string of the molecule is [C-]#[N+]C[C@H]1CN(c2nc(OC[C@@H]3CCCN3C)nc3c2CCN(c2cccc4cccc(Cl)c24)C3)CCN1C(=O)/C=C/CF. The number of allylic oxidation sites excluding steroid dienone is 1. The van der Waals surface area contributed by atoms with Crippen LogP contribution < -0.4 is 14.5 Å². The van der Waals surface area contributed by atoms with Gasteiger partial charge in [-0.25, -0.2) is 11.0 Å². The minimum Gasteiger partial charge on any atom is -0.462 e. The van der Waals surface area contributed by atoms with Gasteiger partial charge in [0.1, 0.15) is 25.1 Å². The Morgan fingerprint density at radius 2 is 1.98 bits per heavy atom. The number of fused-ring (bicyclic) bond motifs is 2. The Kier molecular flexibility index (Phi) is 9.14. The molecule has 0 N–H and O–H groups in total. The molecule has 6 rings (SSSR count). The third kappa shape index (κ3) is 6.17. The Morgan fingerprint density at radius 3 is 2.75 bits per heavy atom. The maximum Gasteiger partial charge on any atom is 0.318 e. The highest BCUT2D eigenvalue weighted by Gasteiger charge is 2.35. The number of alkyl halides is 1. The zero-order chi connectivity index (χ0) is 30.6. The molecule has 11 heteroatoms. The van der Waals surface area contributed by atoms with Gasteiger partial charge in [-0.1, -0.05) is 35.9 Å². The first-order chi connectivity index (χ1) is 21.5. The van der Waals surface area contributed by atoms with E-state index in [1.165, 1.54) is 12.2 Å². The molecule has 2 atom stereocenters. The molecular formula is C33H37ClFN7O2. The highest BCUT2D eigenvalue weighted by molar-refractivity contribution is 6.36. The molecule has 2 aromatic carbocycles. The van der Waals surface area contributed by atoms with Gasteiger partial charge < -0.3 is 29.2 Å². The van der Waals surface area contributed by atoms with E-state index in [9.17, 15) is 9.18 Å². The number of rotatable bonds is 8. The quantitative estimate of drug-likeness (QED) is 0.266. The number of piperazine rings is 1. The number of hydrogen-bond donors (Lipinski definition) is 0. The first-order valence-electron chi connectivity index (χ1n) is 15.2. The summed E-state index contributed by atoms with van der Waals surface area (Å²) in [4.78, 5) is 34.8. The number of ether oxygens (including phenoxy) is 1. The predicted octanol–water partition coefficient (Wildman–Crippen LogP) is 4.78. The van der Waals surface area contributed by atoms with Crippen LogP contribution in [0.3, 0.4) is 0 Å². The summed E-state index contributed by atoms with van der Waals surface area (Å²) in [5, 5.41) is 2.84. The zero-order valence-corrected chi connectivity index (χ0v) is 25.7. The van der Waals surface area contributed by atoms with Crippen LogP contribution in [0.25, 0.3) is 15.6 Å². The van der Waals surface area contributed by atoms with Gasteiger partial charge in [0.05, 0.1) is 17.3 Å². The number of amides is 1. The molecule has 0 spiro atoms. The van der Waals surface area contributed by atoms with Crippen molar-refractivity contribution in [3.63, 3.8) is 0 Å². The molecule has 44 heavy (non-hydrogen) atoms. The molecule has 3 aliphatic heterocycles. The molecule has 0 saturated carbocycles. The van der Waals surface area contributed by atoms with Crippen LogP contribution in [0.15, 0.2) is 48.6 Å². The summed E-state index contributed by atoms with van der Waals surface area (Å²) in [7, 11) is 2.12. The van der Waals surface area contributed by atoms with Crippen molar-refractivity contribution in [3.8, 4) is 6.01 Å². The van der Waals surface area contributed by atoms with Crippen molar-refractivity contribution >= 4 is 39.8 Å². The second kappa shape index (κ2) is 13.4. The molecule has 4 heterocycles. The van der Waals surface area contributed by atoms with Crippen molar-refractivity contribution in [1.29, 1.82) is 0 Å². The van der Waals surface area contributed by atoms with Gasteiger partial charge in [0.15, 0.2) is 0 Å². The highest BCUT2D eigenvalue weighted by Crippen LogP contribution is 2.37. The summed E-state index contributed by atoms with van der Waals surface area (Å²) >= 11 is 6.70. The Morgan fingerprint density at radius 1 is 1.14 bits per heavy atom. The maximum absolute atomic E-state index is 12.8. The van der Waals surface area contributed by atoms with E-state index in [-0.39, 0.29) is 18.5 Å². The number of carbonyl (C=O) groups is 1. The van der Waals surface area contributed by atoms with Gasteiger partial charge in [-0.05, 0) is 56.4 Å². The van der Waals surface area contributed by atoms with E-state index in [1.54, 1.807) is 4.90 Å². The van der Waals surface area contributed by atoms with Crippen molar-refractivity contribution in [1.82, 2.24) is 19.8 Å². The number of likely N-dealkylation sites (tertiary alicyclic amines) is 1. The standard InChI is InChI=1S/C33H37ClFN7O2/c1-36-19-25-20-41(17-18-42(25)30(43)12-5-14-35)32-26-13-16-40(29-11-4-8-23-7-3-10-27(34)31(23)29)21-28(26)37-33(38-32)44-22-24-9-6-15-39(24)2/h3-5,7-8,10-12,24-25H,6,9,13-22H2,2H3/b12-5+/t24-,25-/m0/s1. The lowest BCUT2D eigenvalue weighted by atomic mass is 10.0. The largest absolute Gasteiger partial charge is 0.462 e. The number of benzene rings is 2. The van der Waals surface area contributed by atoms with Gasteiger partial charge in [0.2, 0.25) is 12.5 Å². The summed E-state index contributed by atoms with van der Waals surface area (Å²) in [5.74, 6) is 0.538. The zero-order valence-electron chi connectivity index (χ0n) is 25.0. The minimum atomic E-state index is -0.701. The molecule has 2 fully saturated rings. The number of carbonyl (C=O) groups excluding carboxylic acids is 1. The monoisotopic (exact) mass is 617 g/mol. The van der Waals surface area contributed by atoms with Crippen molar-refractivity contribution in [2.45, 2.75) is 37.9 Å². The number of likely N-dealkylation sites (N-methyl/N-ethyl adjacent to an activating group) is 1. The molecule has 230 valence electrons. The molecule has 0 bridgehead atoms. The van der Waals surface area contributed by atoms with E-state index in [4.69, 9.17) is 32.9 Å². The number of halogens is 2. The lowest BCUT2D eigenvalue weighted by molar-refractivity contribution is -0.128. The summed E-state index contributed by atoms with van der Waals surface area (Å²) in [6.07, 6.45) is 5.43. The van der Waals surface area contributed by atoms with Crippen molar-refractivity contribution in [2.24, 2.45) is 0 Å². The van der Waals surface area contributed by atoms with Crippen LogP contribution >= 0.6 is 11.6 Å². The molecule has 2 saturated heterocycles. The summed E-state index contributed by atoms with van der Waals surface area (Å²) in [6.45, 7) is 11.3. The lowest BCUT2D eigenvalue weighted by Crippen LogP contribution is -2.56. The number of anilines is 2. The van der Waals surface area contributed by atoms with Crippen molar-refractivity contribution in [2.75, 3.05) is 69.4 Å². The molecule has 3 aliphatic rings. The second-order valence-electron chi connectivity index (χ2n) is 11.7. The number of nitrogens with zero attached hydrogens (tertiary/aromatic N) is 7. The van der Waals surface area contributed by atoms with Gasteiger partial charge in [-0.3, -0.25) is 4.79 Å². The Bertz CT molecular complexity index is 1590. The number of aromatic nitrogens is 2. The van der Waals surface area contributed by atoms with Gasteiger partial charge >= 0.3 is 6.01 Å². The van der Waals surface area contributed by atoms with Crippen molar-refractivity contribution < 1.29 is 13.9 Å². The van der Waals surface area contributed by atoms with Gasteiger partial charge in [0.25, 0.3) is 0 Å². The average molecular weight is 618 g/mol. The van der Waals surface area contributed by atoms with Crippen LogP contribution in [-0.4, -0.2) is 97.4 Å². The second-order valence-corrected chi connectivity index (χ2v) is 12.1. The van der Waals surface area contributed by atoms with Crippen LogP contribution in [0, 0.1) is 6.57 Å². The normalized spacial score (nSPS) is 20.7. The topological polar surface area (TPSA) is 69.4 Å². The molecule has 0 radical (unpaired) electrons. The third-order valence-corrected chi connectivity index (χ3v) is 9.30. The molecule has 1 aromatic heterocycles. The van der Waals surface area contributed by atoms with Gasteiger partial charge in [-0.15, -0.1) is 0 Å². The molecule has 0 aliphatic carbocycles. The predicted molar refractivity (Wildman–Crippen MR) is 171 cm³/mol. The Hall–Kier alpha value is -3.94. The third-order valence-electron chi connectivity index (χ3n) is 8.99. The fourth-order valence-corrected chi connectivity index (χ4v) is 6.94. The van der Waals surface area contributed by atoms with Gasteiger partial charge in [0, 0.05) is 54.9 Å². The summed E-state index contributed by atoms with van der Waals surface area (Å²) < 4.78 is 19.0. The van der Waals surface area contributed by atoms with Crippen LogP contribution in [0.1, 0.15) is 24.1 Å². The molecular weight excluding hydrogens is 581 g/mol. The first kappa shape index (κ1) is 30.1.